The number of benzene rings is 1. The Bertz CT molecular complexity index is 577. The van der Waals surface area contributed by atoms with Crippen molar-refractivity contribution in [3.63, 3.8) is 0 Å². The molecule has 25 heavy (non-hydrogen) atoms. The highest BCUT2D eigenvalue weighted by Gasteiger charge is 2.25. The molecule has 0 radical (unpaired) electrons. The number of amides is 1. The zero-order valence-corrected chi connectivity index (χ0v) is 15.3. The Morgan fingerprint density at radius 3 is 2.32 bits per heavy atom. The minimum Gasteiger partial charge on any atom is -0.463 e. The molecule has 1 N–H and O–H groups in total. The lowest BCUT2D eigenvalue weighted by Crippen LogP contribution is -2.46. The van der Waals surface area contributed by atoms with Gasteiger partial charge in [-0.3, -0.25) is 9.59 Å². The number of ketones is 1. The monoisotopic (exact) mass is 349 g/mol. The van der Waals surface area contributed by atoms with Gasteiger partial charge in [0.25, 0.3) is 0 Å². The predicted octanol–water partition coefficient (Wildman–Crippen LogP) is 3.03. The average Bonchev–Trinajstić information content (AvgIpc) is 2.55. The Morgan fingerprint density at radius 2 is 1.76 bits per heavy atom. The van der Waals surface area contributed by atoms with Crippen LogP contribution in [0.3, 0.4) is 0 Å². The number of carbonyl (C=O) groups excluding carboxylic acids is 3. The number of nitrogens with one attached hydrogen (secondary N) is 1. The van der Waals surface area contributed by atoms with Crippen LogP contribution in [0.1, 0.15) is 46.1 Å². The summed E-state index contributed by atoms with van der Waals surface area (Å²) in [5, 5.41) is 2.50. The highest BCUT2D eigenvalue weighted by Crippen LogP contribution is 2.09. The van der Waals surface area contributed by atoms with E-state index in [1.165, 1.54) is 0 Å². The van der Waals surface area contributed by atoms with Gasteiger partial charge in [-0.1, -0.05) is 37.3 Å². The maximum atomic E-state index is 12.5. The lowest BCUT2D eigenvalue weighted by atomic mass is 10.0. The van der Waals surface area contributed by atoms with E-state index < -0.39 is 23.7 Å². The summed E-state index contributed by atoms with van der Waals surface area (Å²) >= 11 is 0. The number of hydrogen-bond acceptors (Lipinski definition) is 5. The van der Waals surface area contributed by atoms with Crippen molar-refractivity contribution in [3.05, 3.63) is 35.9 Å². The predicted molar refractivity (Wildman–Crippen MR) is 94.2 cm³/mol. The fourth-order valence-corrected chi connectivity index (χ4v) is 2.03. The minimum absolute atomic E-state index is 0.195. The number of ether oxygens (including phenoxy) is 2. The van der Waals surface area contributed by atoms with Crippen LogP contribution >= 0.6 is 0 Å². The average molecular weight is 349 g/mol. The Morgan fingerprint density at radius 1 is 1.12 bits per heavy atom. The fraction of sp³-hybridized carbons (Fsp3) is 0.526. The molecule has 1 aromatic rings. The molecule has 0 saturated heterocycles. The Kier molecular flexibility index (Phi) is 8.11. The van der Waals surface area contributed by atoms with Crippen molar-refractivity contribution in [1.82, 2.24) is 5.32 Å². The zero-order chi connectivity index (χ0) is 18.9. The fourth-order valence-electron chi connectivity index (χ4n) is 2.03. The summed E-state index contributed by atoms with van der Waals surface area (Å²) in [6.45, 7) is 6.66. The molecule has 1 rings (SSSR count). The highest BCUT2D eigenvalue weighted by molar-refractivity contribution is 5.88. The highest BCUT2D eigenvalue weighted by atomic mass is 16.6. The second-order valence-corrected chi connectivity index (χ2v) is 6.69. The molecule has 0 aromatic heterocycles. The van der Waals surface area contributed by atoms with Gasteiger partial charge in [0.15, 0.2) is 5.78 Å². The van der Waals surface area contributed by atoms with E-state index in [-0.39, 0.29) is 25.2 Å². The van der Waals surface area contributed by atoms with Crippen molar-refractivity contribution < 1.29 is 23.9 Å². The second-order valence-electron chi connectivity index (χ2n) is 6.69. The van der Waals surface area contributed by atoms with Crippen LogP contribution in [0.25, 0.3) is 0 Å². The molecule has 0 unspecified atom stereocenters. The molecule has 0 heterocycles. The lowest BCUT2D eigenvalue weighted by Gasteiger charge is -2.23. The van der Waals surface area contributed by atoms with E-state index in [1.807, 2.05) is 30.3 Å². The molecule has 6 heteroatoms. The van der Waals surface area contributed by atoms with Crippen LogP contribution in [-0.4, -0.2) is 36.1 Å². The van der Waals surface area contributed by atoms with E-state index in [9.17, 15) is 14.4 Å². The summed E-state index contributed by atoms with van der Waals surface area (Å²) in [6, 6.07) is 8.65. The van der Waals surface area contributed by atoms with Gasteiger partial charge in [0.05, 0.1) is 0 Å². The molecule has 0 bridgehead atoms. The van der Waals surface area contributed by atoms with Crippen molar-refractivity contribution in [1.29, 1.82) is 0 Å². The third-order valence-corrected chi connectivity index (χ3v) is 3.28. The standard InChI is InChI=1S/C19H27NO5/c1-5-17(22)24-13-15(20-18(23)25-19(2,3)4)16(21)12-11-14-9-7-6-8-10-14/h6-10,15H,5,11-13H2,1-4H3,(H,20,23)/t15-/m0/s1. The van der Waals surface area contributed by atoms with Crippen molar-refractivity contribution >= 4 is 17.8 Å². The van der Waals surface area contributed by atoms with E-state index in [0.717, 1.165) is 5.56 Å². The van der Waals surface area contributed by atoms with Gasteiger partial charge in [-0.25, -0.2) is 4.79 Å². The van der Waals surface area contributed by atoms with Crippen LogP contribution in [0.5, 0.6) is 0 Å². The van der Waals surface area contributed by atoms with Crippen molar-refractivity contribution in [2.24, 2.45) is 0 Å². The first kappa shape index (κ1) is 20.7. The smallest absolute Gasteiger partial charge is 0.408 e. The first-order chi connectivity index (χ1) is 11.7. The van der Waals surface area contributed by atoms with Gasteiger partial charge in [0.2, 0.25) is 0 Å². The first-order valence-corrected chi connectivity index (χ1v) is 8.43. The third kappa shape index (κ3) is 8.88. The van der Waals surface area contributed by atoms with Crippen LogP contribution < -0.4 is 5.32 Å². The Hall–Kier alpha value is -2.37. The molecule has 0 fully saturated rings. The second kappa shape index (κ2) is 9.81. The summed E-state index contributed by atoms with van der Waals surface area (Å²) in [7, 11) is 0. The number of alkyl carbamates (subject to hydrolysis) is 1. The summed E-state index contributed by atoms with van der Waals surface area (Å²) in [5.41, 5.74) is 0.347. The number of rotatable bonds is 8. The number of carbonyl (C=O) groups is 3. The van der Waals surface area contributed by atoms with Gasteiger partial charge in [-0.15, -0.1) is 0 Å². The molecular weight excluding hydrogens is 322 g/mol. The molecule has 1 aromatic carbocycles. The van der Waals surface area contributed by atoms with E-state index in [0.29, 0.717) is 6.42 Å². The summed E-state index contributed by atoms with van der Waals surface area (Å²) in [6.07, 6.45) is 0.275. The topological polar surface area (TPSA) is 81.7 Å². The molecular formula is C19H27NO5. The normalized spacial score (nSPS) is 12.2. The molecule has 1 atom stereocenters. The van der Waals surface area contributed by atoms with E-state index >= 15 is 0 Å². The Balaban J connectivity index is 2.66. The number of Topliss-reactive ketones (excluding diaryl/α,β-unsaturated/α-hetero) is 1. The SMILES string of the molecule is CCC(=O)OC[C@H](NC(=O)OC(C)(C)C)C(=O)CCc1ccccc1. The molecule has 138 valence electrons. The quantitative estimate of drug-likeness (QED) is 0.730. The van der Waals surface area contributed by atoms with Crippen molar-refractivity contribution in [2.45, 2.75) is 58.6 Å². The van der Waals surface area contributed by atoms with E-state index in [1.54, 1.807) is 27.7 Å². The van der Waals surface area contributed by atoms with Crippen LogP contribution in [-0.2, 0) is 25.5 Å². The van der Waals surface area contributed by atoms with Crippen LogP contribution in [0.4, 0.5) is 4.79 Å². The van der Waals surface area contributed by atoms with E-state index in [2.05, 4.69) is 5.32 Å². The number of hydrogen-bond donors (Lipinski definition) is 1. The largest absolute Gasteiger partial charge is 0.463 e. The van der Waals surface area contributed by atoms with Gasteiger partial charge in [0.1, 0.15) is 18.2 Å². The molecule has 1 amide bonds. The Labute approximate surface area is 148 Å². The van der Waals surface area contributed by atoms with Gasteiger partial charge in [-0.05, 0) is 32.8 Å². The molecule has 0 aliphatic carbocycles. The molecule has 0 spiro atoms. The van der Waals surface area contributed by atoms with Crippen LogP contribution in [0, 0.1) is 0 Å². The molecule has 0 aliphatic rings. The maximum absolute atomic E-state index is 12.5. The van der Waals surface area contributed by atoms with Crippen molar-refractivity contribution in [2.75, 3.05) is 6.61 Å². The molecule has 6 nitrogen and oxygen atoms in total. The summed E-state index contributed by atoms with van der Waals surface area (Å²) in [4.78, 5) is 35.7. The maximum Gasteiger partial charge on any atom is 0.408 e. The summed E-state index contributed by atoms with van der Waals surface area (Å²) in [5.74, 6) is -0.634. The number of aryl methyl sites for hydroxylation is 1. The summed E-state index contributed by atoms with van der Waals surface area (Å²) < 4.78 is 10.2. The van der Waals surface area contributed by atoms with Gasteiger partial charge in [0, 0.05) is 12.8 Å². The minimum atomic E-state index is -0.922. The zero-order valence-electron chi connectivity index (χ0n) is 15.3. The van der Waals surface area contributed by atoms with Crippen molar-refractivity contribution in [3.8, 4) is 0 Å². The number of esters is 1. The van der Waals surface area contributed by atoms with Gasteiger partial charge >= 0.3 is 12.1 Å². The van der Waals surface area contributed by atoms with E-state index in [4.69, 9.17) is 9.47 Å². The molecule has 0 aliphatic heterocycles. The molecule has 0 saturated carbocycles. The van der Waals surface area contributed by atoms with Gasteiger partial charge in [-0.2, -0.15) is 0 Å². The third-order valence-electron chi connectivity index (χ3n) is 3.28. The van der Waals surface area contributed by atoms with Crippen LogP contribution in [0.15, 0.2) is 30.3 Å². The lowest BCUT2D eigenvalue weighted by molar-refractivity contribution is -0.144. The van der Waals surface area contributed by atoms with Crippen LogP contribution in [0.2, 0.25) is 0 Å². The van der Waals surface area contributed by atoms with Gasteiger partial charge < -0.3 is 14.8 Å². The first-order valence-electron chi connectivity index (χ1n) is 8.43.